The Balaban J connectivity index is 2.51. The molecule has 2 heterocycles. The molecule has 7 heteroatoms. The first-order valence-corrected chi connectivity index (χ1v) is 9.04. The largest absolute Gasteiger partial charge is 0.443 e. The minimum absolute atomic E-state index is 0.492. The second kappa shape index (κ2) is 6.92. The maximum atomic E-state index is 12.7. The summed E-state index contributed by atoms with van der Waals surface area (Å²) >= 11 is 1.36. The van der Waals surface area contributed by atoms with Gasteiger partial charge in [0.15, 0.2) is 5.65 Å². The van der Waals surface area contributed by atoms with Crippen LogP contribution in [-0.2, 0) is 4.74 Å². The Morgan fingerprint density at radius 1 is 1.28 bits per heavy atom. The number of carbonyl (C=O) groups is 1. The van der Waals surface area contributed by atoms with E-state index >= 15 is 0 Å². The van der Waals surface area contributed by atoms with E-state index in [9.17, 15) is 4.79 Å². The van der Waals surface area contributed by atoms with Crippen molar-refractivity contribution in [3.63, 3.8) is 0 Å². The van der Waals surface area contributed by atoms with E-state index in [1.165, 1.54) is 23.0 Å². The van der Waals surface area contributed by atoms with Gasteiger partial charge in [0.2, 0.25) is 0 Å². The van der Waals surface area contributed by atoms with Crippen molar-refractivity contribution in [1.82, 2.24) is 19.5 Å². The van der Waals surface area contributed by atoms with Gasteiger partial charge in [0.25, 0.3) is 0 Å². The van der Waals surface area contributed by atoms with Crippen LogP contribution in [0.1, 0.15) is 37.5 Å². The average Bonchev–Trinajstić information content (AvgIpc) is 2.97. The molecule has 2 aromatic rings. The van der Waals surface area contributed by atoms with Crippen LogP contribution in [0, 0.1) is 13.8 Å². The summed E-state index contributed by atoms with van der Waals surface area (Å²) < 4.78 is 7.20. The van der Waals surface area contributed by atoms with Crippen LogP contribution in [0.4, 0.5) is 4.79 Å². The molecule has 0 fully saturated rings. The maximum Gasteiger partial charge on any atom is 0.419 e. The molecule has 0 N–H and O–H groups in total. The van der Waals surface area contributed by atoms with Gasteiger partial charge in [-0.15, -0.1) is 11.8 Å². The molecule has 25 heavy (non-hydrogen) atoms. The molecule has 0 unspecified atom stereocenters. The zero-order chi connectivity index (χ0) is 18.9. The van der Waals surface area contributed by atoms with Crippen molar-refractivity contribution in [2.45, 2.75) is 40.2 Å². The smallest absolute Gasteiger partial charge is 0.419 e. The van der Waals surface area contributed by atoms with Gasteiger partial charge in [-0.3, -0.25) is 0 Å². The van der Waals surface area contributed by atoms with E-state index in [1.54, 1.807) is 4.52 Å². The van der Waals surface area contributed by atoms with Gasteiger partial charge < -0.3 is 4.74 Å². The number of carbonyl (C=O) groups excluding carboxylic acids is 1. The summed E-state index contributed by atoms with van der Waals surface area (Å²) in [5.74, 6) is 0. The molecule has 1 amide bonds. The molecule has 0 aliphatic carbocycles. The van der Waals surface area contributed by atoms with Crippen LogP contribution in [0.3, 0.4) is 0 Å². The van der Waals surface area contributed by atoms with Crippen molar-refractivity contribution in [2.75, 3.05) is 6.26 Å². The van der Waals surface area contributed by atoms with Crippen LogP contribution in [0.15, 0.2) is 30.7 Å². The fraction of sp³-hybridized carbons (Fsp3) is 0.389. The number of hydrogen-bond donors (Lipinski definition) is 0. The SMILES string of the molecule is C=C(SC)N(C(=C)c1cn2ncnc2c(C)c1C)C(=O)OC(C)(C)C. The summed E-state index contributed by atoms with van der Waals surface area (Å²) in [6.07, 6.45) is 4.66. The Morgan fingerprint density at radius 3 is 2.48 bits per heavy atom. The van der Waals surface area contributed by atoms with Crippen molar-refractivity contribution in [3.8, 4) is 0 Å². The lowest BCUT2D eigenvalue weighted by atomic mass is 10.0. The second-order valence-electron chi connectivity index (χ2n) is 6.68. The highest BCUT2D eigenvalue weighted by atomic mass is 32.2. The number of amides is 1. The minimum Gasteiger partial charge on any atom is -0.443 e. The first kappa shape index (κ1) is 19.1. The Bertz CT molecular complexity index is 849. The summed E-state index contributed by atoms with van der Waals surface area (Å²) in [4.78, 5) is 18.4. The summed E-state index contributed by atoms with van der Waals surface area (Å²) in [6.45, 7) is 17.5. The second-order valence-corrected chi connectivity index (χ2v) is 7.56. The van der Waals surface area contributed by atoms with Crippen molar-refractivity contribution in [2.24, 2.45) is 0 Å². The molecular formula is C18H24N4O2S. The highest BCUT2D eigenvalue weighted by Crippen LogP contribution is 2.31. The van der Waals surface area contributed by atoms with E-state index < -0.39 is 11.7 Å². The van der Waals surface area contributed by atoms with Crippen molar-refractivity contribution < 1.29 is 9.53 Å². The van der Waals surface area contributed by atoms with Crippen LogP contribution in [0.2, 0.25) is 0 Å². The number of pyridine rings is 1. The van der Waals surface area contributed by atoms with Gasteiger partial charge in [0, 0.05) is 11.8 Å². The molecule has 0 saturated heterocycles. The minimum atomic E-state index is -0.616. The molecule has 0 aliphatic rings. The first-order chi connectivity index (χ1) is 11.6. The van der Waals surface area contributed by atoms with Crippen molar-refractivity contribution >= 4 is 29.2 Å². The molecule has 0 radical (unpaired) electrons. The number of aryl methyl sites for hydroxylation is 1. The number of thioether (sulfide) groups is 1. The summed E-state index contributed by atoms with van der Waals surface area (Å²) in [5.41, 5.74) is 3.41. The van der Waals surface area contributed by atoms with Crippen LogP contribution in [0.25, 0.3) is 11.3 Å². The predicted octanol–water partition coefficient (Wildman–Crippen LogP) is 4.39. The molecule has 2 rings (SSSR count). The molecule has 0 saturated carbocycles. The van der Waals surface area contributed by atoms with Gasteiger partial charge >= 0.3 is 6.09 Å². The fourth-order valence-corrected chi connectivity index (χ4v) is 2.74. The van der Waals surface area contributed by atoms with Crippen LogP contribution >= 0.6 is 11.8 Å². The molecule has 0 aromatic carbocycles. The van der Waals surface area contributed by atoms with Gasteiger partial charge in [0.1, 0.15) is 11.9 Å². The van der Waals surface area contributed by atoms with E-state index in [0.717, 1.165) is 22.3 Å². The van der Waals surface area contributed by atoms with Crippen molar-refractivity contribution in [1.29, 1.82) is 0 Å². The molecule has 2 aromatic heterocycles. The topological polar surface area (TPSA) is 59.7 Å². The first-order valence-electron chi connectivity index (χ1n) is 7.81. The third-order valence-corrected chi connectivity index (χ3v) is 4.42. The Morgan fingerprint density at radius 2 is 1.92 bits per heavy atom. The lowest BCUT2D eigenvalue weighted by Gasteiger charge is -2.29. The molecule has 6 nitrogen and oxygen atoms in total. The molecule has 0 bridgehead atoms. The Labute approximate surface area is 152 Å². The van der Waals surface area contributed by atoms with Crippen LogP contribution < -0.4 is 0 Å². The molecule has 134 valence electrons. The van der Waals surface area contributed by atoms with E-state index in [1.807, 2.05) is 47.1 Å². The van der Waals surface area contributed by atoms with Gasteiger partial charge in [0.05, 0.1) is 10.7 Å². The quantitative estimate of drug-likeness (QED) is 0.809. The zero-order valence-electron chi connectivity index (χ0n) is 15.6. The Hall–Kier alpha value is -2.28. The lowest BCUT2D eigenvalue weighted by Crippen LogP contribution is -2.34. The van der Waals surface area contributed by atoms with E-state index in [-0.39, 0.29) is 0 Å². The predicted molar refractivity (Wildman–Crippen MR) is 102 cm³/mol. The number of nitrogens with zero attached hydrogens (tertiary/aromatic N) is 4. The Kier molecular flexibility index (Phi) is 5.27. The van der Waals surface area contributed by atoms with E-state index in [0.29, 0.717) is 10.7 Å². The molecule has 0 atom stereocenters. The molecular weight excluding hydrogens is 336 g/mol. The molecule has 0 spiro atoms. The number of ether oxygens (including phenoxy) is 1. The number of hydrogen-bond acceptors (Lipinski definition) is 5. The summed E-state index contributed by atoms with van der Waals surface area (Å²) in [7, 11) is 0. The highest BCUT2D eigenvalue weighted by Gasteiger charge is 2.28. The standard InChI is InChI=1S/C18H24N4O2S/c1-11-12(2)16-19-10-20-21(16)9-15(11)13(3)22(14(4)25-8)17(23)24-18(5,6)7/h9-10H,3-4H2,1-2,5-8H3. The normalized spacial score (nSPS) is 11.4. The maximum absolute atomic E-state index is 12.7. The van der Waals surface area contributed by atoms with Gasteiger partial charge in [-0.25, -0.2) is 19.2 Å². The highest BCUT2D eigenvalue weighted by molar-refractivity contribution is 8.02. The zero-order valence-corrected chi connectivity index (χ0v) is 16.4. The summed E-state index contributed by atoms with van der Waals surface area (Å²) in [6, 6.07) is 0. The monoisotopic (exact) mass is 360 g/mol. The van der Waals surface area contributed by atoms with E-state index in [2.05, 4.69) is 23.2 Å². The third kappa shape index (κ3) is 3.87. The number of fused-ring (bicyclic) bond motifs is 1. The lowest BCUT2D eigenvalue weighted by molar-refractivity contribution is 0.0410. The van der Waals surface area contributed by atoms with Crippen LogP contribution in [-0.4, -0.2) is 37.4 Å². The van der Waals surface area contributed by atoms with Gasteiger partial charge in [-0.1, -0.05) is 13.2 Å². The fourth-order valence-electron chi connectivity index (χ4n) is 2.37. The van der Waals surface area contributed by atoms with Gasteiger partial charge in [-0.2, -0.15) is 5.10 Å². The van der Waals surface area contributed by atoms with E-state index in [4.69, 9.17) is 4.74 Å². The van der Waals surface area contributed by atoms with Crippen molar-refractivity contribution in [3.05, 3.63) is 47.4 Å². The summed E-state index contributed by atoms with van der Waals surface area (Å²) in [5, 5.41) is 4.73. The van der Waals surface area contributed by atoms with Gasteiger partial charge in [-0.05, 0) is 52.0 Å². The number of aromatic nitrogens is 3. The van der Waals surface area contributed by atoms with Crippen LogP contribution in [0.5, 0.6) is 0 Å². The molecule has 0 aliphatic heterocycles. The average molecular weight is 360 g/mol. The number of rotatable bonds is 4. The third-order valence-electron chi connectivity index (χ3n) is 3.77.